The number of hydrogen-bond donors (Lipinski definition) is 1. The molecule has 11 heavy (non-hydrogen) atoms. The van der Waals surface area contributed by atoms with Crippen LogP contribution in [-0.4, -0.2) is 23.3 Å². The van der Waals surface area contributed by atoms with Crippen LogP contribution in [0.5, 0.6) is 0 Å². The Bertz CT molecular complexity index is 231. The number of methoxy groups -OCH3 is 1. The molecule has 0 aliphatic carbocycles. The molecule has 1 aromatic heterocycles. The summed E-state index contributed by atoms with van der Waals surface area (Å²) in [5, 5.41) is 12.4. The van der Waals surface area contributed by atoms with Gasteiger partial charge < -0.3 is 14.4 Å². The number of aliphatic hydroxyl groups excluding tert-OH is 1. The molecule has 0 spiro atoms. The van der Waals surface area contributed by atoms with Gasteiger partial charge in [0.2, 0.25) is 0 Å². The second-order valence-electron chi connectivity index (χ2n) is 1.85. The van der Waals surface area contributed by atoms with Crippen LogP contribution in [0.3, 0.4) is 0 Å². The van der Waals surface area contributed by atoms with Gasteiger partial charge in [-0.2, -0.15) is 0 Å². The lowest BCUT2D eigenvalue weighted by Gasteiger charge is -2.02. The molecular weight excluding hydrogens is 150 g/mol. The number of aromatic nitrogens is 1. The number of aliphatic hydroxyl groups is 1. The normalized spacial score (nSPS) is 12.5. The molecule has 1 unspecified atom stereocenters. The van der Waals surface area contributed by atoms with Gasteiger partial charge in [0, 0.05) is 6.07 Å². The maximum absolute atomic E-state index is 10.7. The third-order valence-electron chi connectivity index (χ3n) is 1.16. The number of rotatable bonds is 2. The molecule has 0 aliphatic rings. The summed E-state index contributed by atoms with van der Waals surface area (Å²) in [4.78, 5) is 10.7. The van der Waals surface area contributed by atoms with E-state index in [9.17, 15) is 4.79 Å². The Labute approximate surface area is 62.6 Å². The number of carbonyl (C=O) groups is 1. The average molecular weight is 157 g/mol. The Morgan fingerprint density at radius 3 is 3.09 bits per heavy atom. The molecule has 0 bridgehead atoms. The minimum Gasteiger partial charge on any atom is -0.467 e. The van der Waals surface area contributed by atoms with Gasteiger partial charge in [0.25, 0.3) is 0 Å². The van der Waals surface area contributed by atoms with E-state index in [4.69, 9.17) is 5.11 Å². The average Bonchev–Trinajstić information content (AvgIpc) is 2.53. The Kier molecular flexibility index (Phi) is 2.22. The van der Waals surface area contributed by atoms with Gasteiger partial charge in [-0.3, -0.25) is 0 Å². The van der Waals surface area contributed by atoms with E-state index >= 15 is 0 Å². The van der Waals surface area contributed by atoms with E-state index in [1.165, 1.54) is 19.4 Å². The van der Waals surface area contributed by atoms with Crippen LogP contribution in [-0.2, 0) is 9.53 Å². The fourth-order valence-corrected chi connectivity index (χ4v) is 0.595. The Hall–Kier alpha value is -1.36. The molecule has 1 atom stereocenters. The van der Waals surface area contributed by atoms with Crippen LogP contribution in [0.4, 0.5) is 0 Å². The van der Waals surface area contributed by atoms with Gasteiger partial charge in [0.15, 0.2) is 6.10 Å². The smallest absolute Gasteiger partial charge is 0.341 e. The van der Waals surface area contributed by atoms with Crippen molar-refractivity contribution in [1.82, 2.24) is 5.16 Å². The number of carbonyl (C=O) groups excluding carboxylic acids is 1. The van der Waals surface area contributed by atoms with Crippen LogP contribution < -0.4 is 0 Å². The lowest BCUT2D eigenvalue weighted by atomic mass is 10.3. The van der Waals surface area contributed by atoms with Gasteiger partial charge in [-0.1, -0.05) is 5.16 Å². The molecule has 1 heterocycles. The zero-order valence-electron chi connectivity index (χ0n) is 5.85. The lowest BCUT2D eigenvalue weighted by Crippen LogP contribution is -2.13. The standard InChI is InChI=1S/C6H7NO4/c1-10-6(9)5(8)4-2-3-11-7-4/h2-3,5,8H,1H3. The Morgan fingerprint density at radius 2 is 2.64 bits per heavy atom. The molecule has 0 saturated heterocycles. The first-order chi connectivity index (χ1) is 5.25. The zero-order valence-corrected chi connectivity index (χ0v) is 5.85. The van der Waals surface area contributed by atoms with Gasteiger partial charge in [-0.25, -0.2) is 4.79 Å². The second-order valence-corrected chi connectivity index (χ2v) is 1.85. The number of esters is 1. The lowest BCUT2D eigenvalue weighted by molar-refractivity contribution is -0.151. The molecule has 0 amide bonds. The number of nitrogens with zero attached hydrogens (tertiary/aromatic N) is 1. The maximum Gasteiger partial charge on any atom is 0.341 e. The van der Waals surface area contributed by atoms with Crippen molar-refractivity contribution in [3.05, 3.63) is 18.0 Å². The molecule has 5 heteroatoms. The molecule has 60 valence electrons. The van der Waals surface area contributed by atoms with Crippen LogP contribution in [0.1, 0.15) is 11.8 Å². The third-order valence-corrected chi connectivity index (χ3v) is 1.16. The highest BCUT2D eigenvalue weighted by atomic mass is 16.5. The van der Waals surface area contributed by atoms with Crippen LogP contribution in [0.2, 0.25) is 0 Å². The highest BCUT2D eigenvalue weighted by Gasteiger charge is 2.19. The van der Waals surface area contributed by atoms with Gasteiger partial charge >= 0.3 is 5.97 Å². The van der Waals surface area contributed by atoms with Crippen molar-refractivity contribution in [2.24, 2.45) is 0 Å². The molecular formula is C6H7NO4. The van der Waals surface area contributed by atoms with E-state index in [0.29, 0.717) is 0 Å². The number of ether oxygens (including phenoxy) is 1. The summed E-state index contributed by atoms with van der Waals surface area (Å²) in [6.07, 6.45) is -0.0830. The zero-order chi connectivity index (χ0) is 8.27. The molecule has 1 rings (SSSR count). The SMILES string of the molecule is COC(=O)C(O)c1ccon1. The van der Waals surface area contributed by atoms with Crippen molar-refractivity contribution in [3.8, 4) is 0 Å². The van der Waals surface area contributed by atoms with Crippen LogP contribution in [0.25, 0.3) is 0 Å². The van der Waals surface area contributed by atoms with Crippen LogP contribution in [0, 0.1) is 0 Å². The van der Waals surface area contributed by atoms with Crippen molar-refractivity contribution in [2.45, 2.75) is 6.10 Å². The Balaban J connectivity index is 2.70. The summed E-state index contributed by atoms with van der Waals surface area (Å²) in [6, 6.07) is 1.39. The highest BCUT2D eigenvalue weighted by Crippen LogP contribution is 2.10. The minimum absolute atomic E-state index is 0.150. The highest BCUT2D eigenvalue weighted by molar-refractivity contribution is 5.75. The van der Waals surface area contributed by atoms with E-state index in [2.05, 4.69) is 14.4 Å². The summed E-state index contributed by atoms with van der Waals surface area (Å²) < 4.78 is 8.68. The molecule has 0 fully saturated rings. The molecule has 5 nitrogen and oxygen atoms in total. The number of hydrogen-bond acceptors (Lipinski definition) is 5. The topological polar surface area (TPSA) is 72.6 Å². The maximum atomic E-state index is 10.7. The first kappa shape index (κ1) is 7.74. The molecule has 1 N–H and O–H groups in total. The van der Waals surface area contributed by atoms with Gasteiger partial charge in [0.05, 0.1) is 7.11 Å². The minimum atomic E-state index is -1.35. The molecule has 0 radical (unpaired) electrons. The molecule has 0 aliphatic heterocycles. The molecule has 0 aromatic carbocycles. The second kappa shape index (κ2) is 3.16. The van der Waals surface area contributed by atoms with E-state index in [0.717, 1.165) is 0 Å². The summed E-state index contributed by atoms with van der Waals surface area (Å²) in [5.41, 5.74) is 0.150. The van der Waals surface area contributed by atoms with Crippen molar-refractivity contribution in [3.63, 3.8) is 0 Å². The van der Waals surface area contributed by atoms with Crippen LogP contribution >= 0.6 is 0 Å². The van der Waals surface area contributed by atoms with E-state index in [1.54, 1.807) is 0 Å². The van der Waals surface area contributed by atoms with E-state index in [-0.39, 0.29) is 5.69 Å². The van der Waals surface area contributed by atoms with Gasteiger partial charge in [-0.15, -0.1) is 0 Å². The monoisotopic (exact) mass is 157 g/mol. The summed E-state index contributed by atoms with van der Waals surface area (Å²) in [5.74, 6) is -0.751. The summed E-state index contributed by atoms with van der Waals surface area (Å²) >= 11 is 0. The first-order valence-corrected chi connectivity index (χ1v) is 2.92. The van der Waals surface area contributed by atoms with Crippen molar-refractivity contribution in [2.75, 3.05) is 7.11 Å². The molecule has 1 aromatic rings. The van der Waals surface area contributed by atoms with Crippen molar-refractivity contribution in [1.29, 1.82) is 0 Å². The quantitative estimate of drug-likeness (QED) is 0.606. The van der Waals surface area contributed by atoms with Gasteiger partial charge in [-0.05, 0) is 0 Å². The van der Waals surface area contributed by atoms with Gasteiger partial charge in [0.1, 0.15) is 12.0 Å². The fourth-order valence-electron chi connectivity index (χ4n) is 0.595. The van der Waals surface area contributed by atoms with E-state index < -0.39 is 12.1 Å². The van der Waals surface area contributed by atoms with Crippen molar-refractivity contribution >= 4 is 5.97 Å². The van der Waals surface area contributed by atoms with E-state index in [1.807, 2.05) is 0 Å². The fraction of sp³-hybridized carbons (Fsp3) is 0.333. The first-order valence-electron chi connectivity index (χ1n) is 2.92. The summed E-state index contributed by atoms with van der Waals surface area (Å²) in [7, 11) is 1.19. The van der Waals surface area contributed by atoms with Crippen LogP contribution in [0.15, 0.2) is 16.9 Å². The Morgan fingerprint density at radius 1 is 1.91 bits per heavy atom. The van der Waals surface area contributed by atoms with Crippen molar-refractivity contribution < 1.29 is 19.2 Å². The predicted molar refractivity (Wildman–Crippen MR) is 33.5 cm³/mol. The third kappa shape index (κ3) is 1.56. The molecule has 0 saturated carbocycles. The largest absolute Gasteiger partial charge is 0.467 e. The summed E-state index contributed by atoms with van der Waals surface area (Å²) in [6.45, 7) is 0. The predicted octanol–water partition coefficient (Wildman–Crippen LogP) is -0.119.